The second-order valence-corrected chi connectivity index (χ2v) is 9.76. The van der Waals surface area contributed by atoms with Gasteiger partial charge in [0.2, 0.25) is 0 Å². The van der Waals surface area contributed by atoms with Gasteiger partial charge in [-0.3, -0.25) is 4.90 Å². The van der Waals surface area contributed by atoms with E-state index in [4.69, 9.17) is 19.9 Å². The summed E-state index contributed by atoms with van der Waals surface area (Å²) in [6.45, 7) is 6.13. The van der Waals surface area contributed by atoms with Gasteiger partial charge in [0, 0.05) is 24.1 Å². The zero-order chi connectivity index (χ0) is 23.4. The first-order chi connectivity index (χ1) is 15.9. The Bertz CT molecular complexity index is 1060. The lowest BCUT2D eigenvalue weighted by Crippen LogP contribution is -2.55. The number of benzene rings is 1. The van der Waals surface area contributed by atoms with Gasteiger partial charge in [0.05, 0.1) is 30.9 Å². The predicted molar refractivity (Wildman–Crippen MR) is 132 cm³/mol. The van der Waals surface area contributed by atoms with Gasteiger partial charge in [-0.15, -0.1) is 0 Å². The number of hydrogen-bond donors (Lipinski definition) is 1. The molecule has 0 saturated carbocycles. The van der Waals surface area contributed by atoms with Crippen molar-refractivity contribution in [3.63, 3.8) is 0 Å². The molecular formula is C24H33N5O3S. The first-order valence-corrected chi connectivity index (χ1v) is 12.5. The van der Waals surface area contributed by atoms with Gasteiger partial charge in [-0.05, 0) is 32.7 Å². The maximum atomic E-state index is 6.24. The second-order valence-electron chi connectivity index (χ2n) is 8.85. The van der Waals surface area contributed by atoms with Crippen LogP contribution in [0.5, 0.6) is 0 Å². The third kappa shape index (κ3) is 5.67. The number of likely N-dealkylation sites (N-methyl/N-ethyl adjacent to an activating group) is 1. The first kappa shape index (κ1) is 24.0. The van der Waals surface area contributed by atoms with E-state index in [1.54, 1.807) is 11.8 Å². The fourth-order valence-corrected chi connectivity index (χ4v) is 4.87. The molecule has 1 aliphatic rings. The molecule has 2 atom stereocenters. The molecule has 2 aromatic heterocycles. The fraction of sp³-hybridized carbons (Fsp3) is 0.500. The largest absolute Gasteiger partial charge is 0.382 e. The smallest absolute Gasteiger partial charge is 0.163 e. The van der Waals surface area contributed by atoms with E-state index in [0.717, 1.165) is 27.9 Å². The Kier molecular flexibility index (Phi) is 7.55. The van der Waals surface area contributed by atoms with Gasteiger partial charge in [0.15, 0.2) is 11.6 Å². The van der Waals surface area contributed by atoms with Crippen LogP contribution in [0.2, 0.25) is 0 Å². The summed E-state index contributed by atoms with van der Waals surface area (Å²) in [4.78, 5) is 11.0. The highest BCUT2D eigenvalue weighted by atomic mass is 32.2. The van der Waals surface area contributed by atoms with E-state index in [1.165, 1.54) is 6.33 Å². The van der Waals surface area contributed by atoms with Crippen molar-refractivity contribution in [1.29, 1.82) is 0 Å². The molecule has 0 amide bonds. The monoisotopic (exact) mass is 471 g/mol. The molecule has 0 aliphatic carbocycles. The Morgan fingerprint density at radius 1 is 1.27 bits per heavy atom. The third-order valence-corrected chi connectivity index (χ3v) is 6.54. The Labute approximate surface area is 199 Å². The lowest BCUT2D eigenvalue weighted by molar-refractivity contribution is -0.288. The van der Waals surface area contributed by atoms with Gasteiger partial charge in [0.25, 0.3) is 0 Å². The normalized spacial score (nSPS) is 20.5. The van der Waals surface area contributed by atoms with Crippen molar-refractivity contribution in [2.24, 2.45) is 0 Å². The number of anilines is 1. The standard InChI is InChI=1S/C24H33N5O3S/c1-24(2)31-13-19(20(32-24)14-33-4)28(3)10-18-11-29(22-21(18)26-15-27-23(22)25)16-30-12-17-8-6-5-7-9-17/h5-9,11,15,19-20H,10,12-14,16H2,1-4H3,(H2,25,26,27). The van der Waals surface area contributed by atoms with Gasteiger partial charge < -0.3 is 24.5 Å². The average Bonchev–Trinajstić information content (AvgIpc) is 3.13. The van der Waals surface area contributed by atoms with Crippen LogP contribution < -0.4 is 5.73 Å². The molecule has 2 N–H and O–H groups in total. The lowest BCUT2D eigenvalue weighted by Gasteiger charge is -2.44. The molecule has 1 saturated heterocycles. The zero-order valence-electron chi connectivity index (χ0n) is 19.7. The minimum absolute atomic E-state index is 0.0796. The van der Waals surface area contributed by atoms with E-state index in [-0.39, 0.29) is 12.1 Å². The zero-order valence-corrected chi connectivity index (χ0v) is 20.5. The molecule has 0 radical (unpaired) electrons. The Morgan fingerprint density at radius 2 is 2.06 bits per heavy atom. The van der Waals surface area contributed by atoms with Crippen molar-refractivity contribution in [3.05, 3.63) is 54.0 Å². The summed E-state index contributed by atoms with van der Waals surface area (Å²) in [5, 5.41) is 0. The molecule has 178 valence electrons. The molecule has 4 rings (SSSR count). The van der Waals surface area contributed by atoms with Crippen LogP contribution >= 0.6 is 11.8 Å². The first-order valence-electron chi connectivity index (χ1n) is 11.1. The number of rotatable bonds is 9. The number of thioether (sulfide) groups is 1. The topological polar surface area (TPSA) is 87.7 Å². The highest BCUT2D eigenvalue weighted by Gasteiger charge is 2.38. The van der Waals surface area contributed by atoms with Gasteiger partial charge in [-0.2, -0.15) is 11.8 Å². The molecule has 2 unspecified atom stereocenters. The minimum atomic E-state index is -0.564. The molecule has 3 aromatic rings. The summed E-state index contributed by atoms with van der Waals surface area (Å²) in [6.07, 6.45) is 5.76. The molecule has 3 heterocycles. The second kappa shape index (κ2) is 10.4. The van der Waals surface area contributed by atoms with Gasteiger partial charge in [-0.25, -0.2) is 9.97 Å². The number of nitrogens with two attached hydrogens (primary N) is 1. The van der Waals surface area contributed by atoms with Crippen LogP contribution in [0.25, 0.3) is 11.0 Å². The van der Waals surface area contributed by atoms with Crippen LogP contribution in [0.1, 0.15) is 25.0 Å². The van der Waals surface area contributed by atoms with E-state index in [9.17, 15) is 0 Å². The van der Waals surface area contributed by atoms with Gasteiger partial charge in [-0.1, -0.05) is 30.3 Å². The van der Waals surface area contributed by atoms with Crippen LogP contribution in [0, 0.1) is 0 Å². The number of hydrogen-bond acceptors (Lipinski definition) is 8. The van der Waals surface area contributed by atoms with Crippen LogP contribution in [-0.2, 0) is 34.1 Å². The number of ether oxygens (including phenoxy) is 3. The van der Waals surface area contributed by atoms with Gasteiger partial charge in [0.1, 0.15) is 18.6 Å². The third-order valence-electron chi connectivity index (χ3n) is 5.88. The number of aromatic nitrogens is 3. The van der Waals surface area contributed by atoms with E-state index in [2.05, 4.69) is 34.4 Å². The quantitative estimate of drug-likeness (QED) is 0.507. The number of nitrogen functional groups attached to an aromatic ring is 1. The summed E-state index contributed by atoms with van der Waals surface area (Å²) in [7, 11) is 2.10. The summed E-state index contributed by atoms with van der Waals surface area (Å²) in [5.74, 6) is 0.793. The molecule has 1 fully saturated rings. The van der Waals surface area contributed by atoms with Crippen LogP contribution in [0.4, 0.5) is 5.82 Å². The van der Waals surface area contributed by atoms with Crippen molar-refractivity contribution in [2.45, 2.75) is 51.7 Å². The van der Waals surface area contributed by atoms with Crippen molar-refractivity contribution in [3.8, 4) is 0 Å². The van der Waals surface area contributed by atoms with Crippen molar-refractivity contribution >= 4 is 28.6 Å². The highest BCUT2D eigenvalue weighted by molar-refractivity contribution is 7.98. The molecule has 0 bridgehead atoms. The molecule has 1 aromatic carbocycles. The lowest BCUT2D eigenvalue weighted by atomic mass is 10.1. The Hall–Kier alpha value is -2.17. The predicted octanol–water partition coefficient (Wildman–Crippen LogP) is 3.50. The van der Waals surface area contributed by atoms with E-state index >= 15 is 0 Å². The van der Waals surface area contributed by atoms with Crippen LogP contribution in [-0.4, -0.2) is 63.0 Å². The van der Waals surface area contributed by atoms with Gasteiger partial charge >= 0.3 is 0 Å². The molecule has 8 nitrogen and oxygen atoms in total. The fourth-order valence-electron chi connectivity index (χ4n) is 4.25. The van der Waals surface area contributed by atoms with Crippen molar-refractivity contribution in [1.82, 2.24) is 19.4 Å². The van der Waals surface area contributed by atoms with Crippen molar-refractivity contribution < 1.29 is 14.2 Å². The Balaban J connectivity index is 1.52. The van der Waals surface area contributed by atoms with Crippen LogP contribution in [0.3, 0.4) is 0 Å². The van der Waals surface area contributed by atoms with Crippen LogP contribution in [0.15, 0.2) is 42.9 Å². The average molecular weight is 472 g/mol. The summed E-state index contributed by atoms with van der Waals surface area (Å²) < 4.78 is 20.2. The maximum absolute atomic E-state index is 6.24. The molecular weight excluding hydrogens is 438 g/mol. The summed E-state index contributed by atoms with van der Waals surface area (Å²) in [5.41, 5.74) is 10.1. The number of fused-ring (bicyclic) bond motifs is 1. The van der Waals surface area contributed by atoms with E-state index in [1.807, 2.05) is 48.7 Å². The summed E-state index contributed by atoms with van der Waals surface area (Å²) >= 11 is 1.79. The molecule has 33 heavy (non-hydrogen) atoms. The maximum Gasteiger partial charge on any atom is 0.163 e. The van der Waals surface area contributed by atoms with E-state index < -0.39 is 5.79 Å². The molecule has 1 aliphatic heterocycles. The van der Waals surface area contributed by atoms with E-state index in [0.29, 0.717) is 32.3 Å². The van der Waals surface area contributed by atoms with Crippen molar-refractivity contribution in [2.75, 3.05) is 31.4 Å². The molecule has 9 heteroatoms. The molecule has 0 spiro atoms. The number of nitrogens with zero attached hydrogens (tertiary/aromatic N) is 4. The Morgan fingerprint density at radius 3 is 2.82 bits per heavy atom. The summed E-state index contributed by atoms with van der Waals surface area (Å²) in [6, 6.07) is 10.2. The minimum Gasteiger partial charge on any atom is -0.382 e. The highest BCUT2D eigenvalue weighted by Crippen LogP contribution is 2.29. The SMILES string of the molecule is CSCC1OC(C)(C)OCC1N(C)Cc1cn(COCc2ccccc2)c2c(N)ncnc12.